The van der Waals surface area contributed by atoms with Crippen LogP contribution in [0.25, 0.3) is 33.6 Å². The largest absolute Gasteiger partial charge is 0.476 e. The average Bonchev–Trinajstić information content (AvgIpc) is 3.02. The second-order valence-electron chi connectivity index (χ2n) is 10.1. The molecule has 0 bridgehead atoms. The molecule has 7 rings (SSSR count). The fraction of sp³-hybridized carbons (Fsp3) is 0.0811. The smallest absolute Gasteiger partial charge is 0.128 e. The van der Waals surface area contributed by atoms with Gasteiger partial charge in [0.25, 0.3) is 0 Å². The molecule has 1 aliphatic heterocycles. The van der Waals surface area contributed by atoms with Crippen LogP contribution in [0.2, 0.25) is 0 Å². The summed E-state index contributed by atoms with van der Waals surface area (Å²) in [5, 5.41) is 0. The Bertz CT molecular complexity index is 1680. The van der Waals surface area contributed by atoms with Gasteiger partial charge in [-0.1, -0.05) is 92.2 Å². The molecule has 0 amide bonds. The van der Waals surface area contributed by atoms with Crippen molar-refractivity contribution in [2.75, 3.05) is 0 Å². The van der Waals surface area contributed by atoms with Crippen LogP contribution < -0.4 is 4.74 Å². The van der Waals surface area contributed by atoms with Gasteiger partial charge in [-0.3, -0.25) is 0 Å². The van der Waals surface area contributed by atoms with E-state index in [9.17, 15) is 0 Å². The Morgan fingerprint density at radius 2 is 1.39 bits per heavy atom. The molecule has 3 heterocycles. The molecular weight excluding hydrogens is 681 g/mol. The quantitative estimate of drug-likeness (QED) is 0.172. The number of para-hydroxylation sites is 1. The van der Waals surface area contributed by atoms with Crippen LogP contribution in [-0.4, -0.2) is 9.97 Å². The number of ether oxygens (including phenoxy) is 1. The molecule has 0 spiro atoms. The van der Waals surface area contributed by atoms with Crippen LogP contribution in [-0.2, 0) is 25.5 Å². The van der Waals surface area contributed by atoms with E-state index in [-0.39, 0.29) is 25.5 Å². The molecule has 1 radical (unpaired) electrons. The maximum Gasteiger partial charge on any atom is 0.128 e. The number of hydrogen-bond donors (Lipinski definition) is 0. The first-order chi connectivity index (χ1) is 19.6. The molecule has 2 aromatic heterocycles. The van der Waals surface area contributed by atoms with Gasteiger partial charge < -0.3 is 14.7 Å². The van der Waals surface area contributed by atoms with E-state index in [1.807, 2.05) is 91.1 Å². The summed E-state index contributed by atoms with van der Waals surface area (Å²) in [7, 11) is 0. The van der Waals surface area contributed by atoms with Crippen LogP contribution >= 0.6 is 0 Å². The minimum Gasteiger partial charge on any atom is -0.476 e. The van der Waals surface area contributed by atoms with E-state index in [1.165, 1.54) is 11.1 Å². The topological polar surface area (TPSA) is 35.0 Å². The van der Waals surface area contributed by atoms with Crippen molar-refractivity contribution < 1.29 is 24.8 Å². The molecule has 4 heteroatoms. The van der Waals surface area contributed by atoms with Gasteiger partial charge in [0.05, 0.1) is 5.75 Å². The Labute approximate surface area is 255 Å². The summed E-state index contributed by atoms with van der Waals surface area (Å²) in [5.74, 6) is 1.80. The number of pyridine rings is 2. The van der Waals surface area contributed by atoms with E-state index in [0.717, 1.165) is 45.1 Å². The van der Waals surface area contributed by atoms with Crippen molar-refractivity contribution in [3.05, 3.63) is 157 Å². The Morgan fingerprint density at radius 3 is 2.12 bits per heavy atom. The van der Waals surface area contributed by atoms with E-state index >= 15 is 0 Å². The first-order valence-corrected chi connectivity index (χ1v) is 13.3. The van der Waals surface area contributed by atoms with Gasteiger partial charge in [0.2, 0.25) is 0 Å². The van der Waals surface area contributed by atoms with E-state index in [4.69, 9.17) is 9.72 Å². The predicted octanol–water partition coefficient (Wildman–Crippen LogP) is 9.19. The minimum atomic E-state index is -0.197. The number of benzene rings is 4. The molecule has 0 N–H and O–H groups in total. The summed E-state index contributed by atoms with van der Waals surface area (Å²) in [5.41, 5.74) is 8.31. The molecule has 203 valence electrons. The van der Waals surface area contributed by atoms with Crippen molar-refractivity contribution in [2.45, 2.75) is 19.3 Å². The zero-order valence-corrected chi connectivity index (χ0v) is 25.2. The molecule has 0 atom stereocenters. The fourth-order valence-electron chi connectivity index (χ4n) is 5.13. The van der Waals surface area contributed by atoms with Crippen molar-refractivity contribution in [3.8, 4) is 45.1 Å². The Hall–Kier alpha value is -4.37. The van der Waals surface area contributed by atoms with E-state index < -0.39 is 0 Å². The predicted molar refractivity (Wildman–Crippen MR) is 161 cm³/mol. The van der Waals surface area contributed by atoms with Crippen LogP contribution in [0.3, 0.4) is 0 Å². The van der Waals surface area contributed by atoms with Crippen molar-refractivity contribution in [1.29, 1.82) is 0 Å². The van der Waals surface area contributed by atoms with Crippen LogP contribution in [0.1, 0.15) is 25.0 Å². The molecule has 41 heavy (non-hydrogen) atoms. The van der Waals surface area contributed by atoms with E-state index in [1.54, 1.807) is 6.20 Å². The summed E-state index contributed by atoms with van der Waals surface area (Å²) in [6, 6.07) is 46.9. The van der Waals surface area contributed by atoms with Gasteiger partial charge in [-0.25, -0.2) is 0 Å². The normalized spacial score (nSPS) is 12.3. The summed E-state index contributed by atoms with van der Waals surface area (Å²) in [4.78, 5) is 8.99. The molecule has 3 nitrogen and oxygen atoms in total. The van der Waals surface area contributed by atoms with Gasteiger partial charge in [0.15, 0.2) is 0 Å². The van der Waals surface area contributed by atoms with Crippen LogP contribution in [0, 0.1) is 12.1 Å². The standard InChI is InChI=1S/C26H20NO.C11H8N.Ir/c1-26(2)21-12-6-7-13-23(21)28-24-14-8-11-20(25(24)26)22-16-15-19(17-27-22)18-9-4-3-5-10-18;1-2-6-10(7-3-1)11-8-4-5-9-12-11;/h3-10,12-17H,1-2H3;1-6,8-9H;/q2*-1;. The first kappa shape index (κ1) is 28.2. The van der Waals surface area contributed by atoms with Crippen LogP contribution in [0.15, 0.2) is 134 Å². The van der Waals surface area contributed by atoms with Gasteiger partial charge in [-0.2, -0.15) is 0 Å². The maximum atomic E-state index is 6.22. The molecule has 6 aromatic rings. The third-order valence-corrected chi connectivity index (χ3v) is 7.14. The first-order valence-electron chi connectivity index (χ1n) is 13.3. The van der Waals surface area contributed by atoms with Crippen LogP contribution in [0.5, 0.6) is 11.5 Å². The molecule has 4 aromatic carbocycles. The summed E-state index contributed by atoms with van der Waals surface area (Å²) in [6.07, 6.45) is 3.72. The Balaban J connectivity index is 0.000000218. The number of aromatic nitrogens is 2. The molecule has 0 unspecified atom stereocenters. The Morgan fingerprint density at radius 1 is 0.610 bits per heavy atom. The molecule has 0 aliphatic carbocycles. The number of nitrogens with zero attached hydrogens (tertiary/aromatic N) is 2. The monoisotopic (exact) mass is 709 g/mol. The van der Waals surface area contributed by atoms with Crippen molar-refractivity contribution >= 4 is 0 Å². The summed E-state index contributed by atoms with van der Waals surface area (Å²) < 4.78 is 6.22. The van der Waals surface area contributed by atoms with Gasteiger partial charge in [-0.05, 0) is 45.6 Å². The molecule has 0 fully saturated rings. The third-order valence-electron chi connectivity index (χ3n) is 7.14. The zero-order valence-electron chi connectivity index (χ0n) is 22.8. The number of fused-ring (bicyclic) bond motifs is 2. The molecule has 0 saturated heterocycles. The van der Waals surface area contributed by atoms with Gasteiger partial charge in [0, 0.05) is 32.5 Å². The van der Waals surface area contributed by atoms with Gasteiger partial charge in [-0.15, -0.1) is 59.7 Å². The number of rotatable bonds is 3. The third kappa shape index (κ3) is 5.90. The molecule has 1 aliphatic rings. The Kier molecular flexibility index (Phi) is 8.54. The molecular formula is C37H28IrN2O-2. The maximum absolute atomic E-state index is 6.22. The van der Waals surface area contributed by atoms with E-state index in [2.05, 4.69) is 67.4 Å². The SMILES string of the molecule is CC1(C)c2ccccc2Oc2cc[c-]c(-c3ccc(-c4ccccc4)cn3)c21.[Ir].[c-]1ccccc1-c1ccccn1. The summed E-state index contributed by atoms with van der Waals surface area (Å²) >= 11 is 0. The van der Waals surface area contributed by atoms with Gasteiger partial charge >= 0.3 is 0 Å². The number of hydrogen-bond acceptors (Lipinski definition) is 3. The van der Waals surface area contributed by atoms with E-state index in [0.29, 0.717) is 0 Å². The van der Waals surface area contributed by atoms with Crippen LogP contribution in [0.4, 0.5) is 0 Å². The minimum absolute atomic E-state index is 0. The zero-order chi connectivity index (χ0) is 27.4. The second-order valence-corrected chi connectivity index (χ2v) is 10.1. The van der Waals surface area contributed by atoms with Crippen molar-refractivity contribution in [1.82, 2.24) is 9.97 Å². The second kappa shape index (κ2) is 12.4. The van der Waals surface area contributed by atoms with Crippen molar-refractivity contribution in [2.24, 2.45) is 0 Å². The van der Waals surface area contributed by atoms with Gasteiger partial charge in [0.1, 0.15) is 5.75 Å². The molecule has 0 saturated carbocycles. The van der Waals surface area contributed by atoms with Crippen molar-refractivity contribution in [3.63, 3.8) is 0 Å². The average molecular weight is 709 g/mol. The fourth-order valence-corrected chi connectivity index (χ4v) is 5.13. The summed E-state index contributed by atoms with van der Waals surface area (Å²) in [6.45, 7) is 4.48.